The molecule has 0 radical (unpaired) electrons. The molecule has 8 nitrogen and oxygen atoms in total. The molecule has 2 aromatic heterocycles. The Bertz CT molecular complexity index is 756. The van der Waals surface area contributed by atoms with Gasteiger partial charge in [-0.05, 0) is 13.0 Å². The van der Waals surface area contributed by atoms with E-state index >= 15 is 0 Å². The second-order valence-electron chi connectivity index (χ2n) is 6.34. The molecule has 1 aliphatic rings. The number of carbonyl (C=O) groups is 1. The quantitative estimate of drug-likeness (QED) is 0.644. The van der Waals surface area contributed by atoms with Crippen LogP contribution in [0.2, 0.25) is 0 Å². The second kappa shape index (κ2) is 9.48. The van der Waals surface area contributed by atoms with Crippen molar-refractivity contribution in [2.75, 3.05) is 46.1 Å². The number of aromatic nitrogens is 3. The molecule has 1 aliphatic heterocycles. The summed E-state index contributed by atoms with van der Waals surface area (Å²) in [6.07, 6.45) is 4.04. The van der Waals surface area contributed by atoms with Gasteiger partial charge in [-0.15, -0.1) is 0 Å². The minimum absolute atomic E-state index is 0.317. The maximum Gasteiger partial charge on any atom is 0.359 e. The molecule has 0 N–H and O–H groups in total. The molecule has 2 aromatic rings. The van der Waals surface area contributed by atoms with E-state index < -0.39 is 5.97 Å². The first-order valence-corrected chi connectivity index (χ1v) is 9.23. The first-order valence-electron chi connectivity index (χ1n) is 9.23. The average Bonchev–Trinajstić information content (AvgIpc) is 3.04. The normalized spacial score (nSPS) is 14.9. The largest absolute Gasteiger partial charge is 0.476 e. The van der Waals surface area contributed by atoms with Crippen molar-refractivity contribution in [2.45, 2.75) is 13.3 Å². The molecule has 0 atom stereocenters. The first-order chi connectivity index (χ1) is 13.2. The zero-order valence-electron chi connectivity index (χ0n) is 15.9. The number of hydrogen-bond donors (Lipinski definition) is 0. The van der Waals surface area contributed by atoms with Gasteiger partial charge in [-0.25, -0.2) is 9.78 Å². The molecule has 0 bridgehead atoms. The Balaban J connectivity index is 1.66. The molecule has 0 aliphatic carbocycles. The molecular formula is C19H26N4O4. The lowest BCUT2D eigenvalue weighted by atomic mass is 10.1. The van der Waals surface area contributed by atoms with Gasteiger partial charge in [-0.3, -0.25) is 9.58 Å². The predicted octanol–water partition coefficient (Wildman–Crippen LogP) is 1.29. The van der Waals surface area contributed by atoms with Crippen LogP contribution in [0, 0.1) is 0 Å². The van der Waals surface area contributed by atoms with E-state index in [0.717, 1.165) is 44.0 Å². The lowest BCUT2D eigenvalue weighted by Gasteiger charge is -2.26. The molecule has 0 saturated carbocycles. The molecule has 0 amide bonds. The Kier molecular flexibility index (Phi) is 6.78. The van der Waals surface area contributed by atoms with Gasteiger partial charge in [-0.1, -0.05) is 6.07 Å². The van der Waals surface area contributed by atoms with Gasteiger partial charge in [0.05, 0.1) is 19.8 Å². The number of ether oxygens (including phenoxy) is 3. The van der Waals surface area contributed by atoms with E-state index in [2.05, 4.69) is 15.0 Å². The van der Waals surface area contributed by atoms with Crippen molar-refractivity contribution in [3.8, 4) is 5.88 Å². The topological polar surface area (TPSA) is 78.7 Å². The van der Waals surface area contributed by atoms with Gasteiger partial charge in [0.1, 0.15) is 6.61 Å². The van der Waals surface area contributed by atoms with Crippen LogP contribution in [0.1, 0.15) is 28.5 Å². The Labute approximate surface area is 159 Å². The number of rotatable bonds is 8. The third-order valence-corrected chi connectivity index (χ3v) is 4.35. The fraction of sp³-hybridized carbons (Fsp3) is 0.526. The van der Waals surface area contributed by atoms with Crippen LogP contribution in [0.15, 0.2) is 24.5 Å². The average molecular weight is 374 g/mol. The monoisotopic (exact) mass is 374 g/mol. The number of pyridine rings is 1. The number of hydrogen-bond acceptors (Lipinski definition) is 7. The van der Waals surface area contributed by atoms with Gasteiger partial charge in [-0.2, -0.15) is 5.10 Å². The van der Waals surface area contributed by atoms with Crippen molar-refractivity contribution in [3.63, 3.8) is 0 Å². The SMILES string of the molecule is CCOC(=O)c1nn(C)cc1Cc1cccnc1OCCN1CCOCC1. The number of aryl methyl sites for hydroxylation is 1. The van der Waals surface area contributed by atoms with E-state index in [0.29, 0.717) is 31.2 Å². The molecule has 27 heavy (non-hydrogen) atoms. The van der Waals surface area contributed by atoms with E-state index in [-0.39, 0.29) is 0 Å². The van der Waals surface area contributed by atoms with E-state index in [1.54, 1.807) is 24.9 Å². The highest BCUT2D eigenvalue weighted by Crippen LogP contribution is 2.21. The number of nitrogens with zero attached hydrogens (tertiary/aromatic N) is 4. The van der Waals surface area contributed by atoms with Gasteiger partial charge in [0.25, 0.3) is 0 Å². The summed E-state index contributed by atoms with van der Waals surface area (Å²) >= 11 is 0. The van der Waals surface area contributed by atoms with Crippen LogP contribution in [-0.4, -0.2) is 71.7 Å². The summed E-state index contributed by atoms with van der Waals surface area (Å²) in [4.78, 5) is 18.8. The van der Waals surface area contributed by atoms with E-state index in [1.165, 1.54) is 0 Å². The molecule has 1 saturated heterocycles. The summed E-state index contributed by atoms with van der Waals surface area (Å²) in [7, 11) is 1.79. The summed E-state index contributed by atoms with van der Waals surface area (Å²) in [6.45, 7) is 6.88. The van der Waals surface area contributed by atoms with Crippen molar-refractivity contribution in [3.05, 3.63) is 41.3 Å². The van der Waals surface area contributed by atoms with E-state index in [4.69, 9.17) is 14.2 Å². The highest BCUT2D eigenvalue weighted by atomic mass is 16.5. The lowest BCUT2D eigenvalue weighted by molar-refractivity contribution is 0.0319. The Morgan fingerprint density at radius 1 is 1.30 bits per heavy atom. The third kappa shape index (κ3) is 5.27. The van der Waals surface area contributed by atoms with E-state index in [9.17, 15) is 4.79 Å². The highest BCUT2D eigenvalue weighted by molar-refractivity contribution is 5.89. The fourth-order valence-corrected chi connectivity index (χ4v) is 3.03. The van der Waals surface area contributed by atoms with Crippen LogP contribution < -0.4 is 4.74 Å². The number of morpholine rings is 1. The van der Waals surface area contributed by atoms with Gasteiger partial charge in [0, 0.05) is 56.6 Å². The van der Waals surface area contributed by atoms with Crippen molar-refractivity contribution < 1.29 is 19.0 Å². The van der Waals surface area contributed by atoms with Crippen LogP contribution >= 0.6 is 0 Å². The fourth-order valence-electron chi connectivity index (χ4n) is 3.03. The minimum atomic E-state index is -0.410. The molecule has 146 valence electrons. The first kappa shape index (κ1) is 19.3. The molecule has 8 heteroatoms. The summed E-state index contributed by atoms with van der Waals surface area (Å²) in [5, 5.41) is 4.24. The van der Waals surface area contributed by atoms with Crippen LogP contribution in [-0.2, 0) is 22.9 Å². The molecule has 3 heterocycles. The van der Waals surface area contributed by atoms with Crippen LogP contribution in [0.25, 0.3) is 0 Å². The van der Waals surface area contributed by atoms with Crippen molar-refractivity contribution in [2.24, 2.45) is 7.05 Å². The Morgan fingerprint density at radius 2 is 2.11 bits per heavy atom. The molecule has 1 fully saturated rings. The summed E-state index contributed by atoms with van der Waals surface area (Å²) in [6, 6.07) is 3.82. The van der Waals surface area contributed by atoms with Crippen LogP contribution in [0.4, 0.5) is 0 Å². The lowest BCUT2D eigenvalue weighted by Crippen LogP contribution is -2.38. The number of esters is 1. The molecule has 0 aromatic carbocycles. The van der Waals surface area contributed by atoms with E-state index in [1.807, 2.05) is 18.3 Å². The standard InChI is InChI=1S/C19H26N4O4/c1-3-26-19(24)17-16(14-22(2)21-17)13-15-5-4-6-20-18(15)27-12-9-23-7-10-25-11-8-23/h4-6,14H,3,7-13H2,1-2H3. The smallest absolute Gasteiger partial charge is 0.359 e. The molecule has 0 spiro atoms. The third-order valence-electron chi connectivity index (χ3n) is 4.35. The Hall–Kier alpha value is -2.45. The molecule has 3 rings (SSSR count). The summed E-state index contributed by atoms with van der Waals surface area (Å²) < 4.78 is 18.0. The van der Waals surface area contributed by atoms with Gasteiger partial charge in [0.2, 0.25) is 5.88 Å². The van der Waals surface area contributed by atoms with Crippen LogP contribution in [0.3, 0.4) is 0 Å². The zero-order valence-corrected chi connectivity index (χ0v) is 15.9. The summed E-state index contributed by atoms with van der Waals surface area (Å²) in [5.41, 5.74) is 2.04. The summed E-state index contributed by atoms with van der Waals surface area (Å²) in [5.74, 6) is 0.177. The maximum atomic E-state index is 12.1. The zero-order chi connectivity index (χ0) is 19.1. The maximum absolute atomic E-state index is 12.1. The number of carbonyl (C=O) groups excluding carboxylic acids is 1. The molecular weight excluding hydrogens is 348 g/mol. The van der Waals surface area contributed by atoms with Gasteiger partial charge < -0.3 is 14.2 Å². The van der Waals surface area contributed by atoms with Crippen LogP contribution in [0.5, 0.6) is 5.88 Å². The molecule has 0 unspecified atom stereocenters. The predicted molar refractivity (Wildman–Crippen MR) is 99.0 cm³/mol. The van der Waals surface area contributed by atoms with Crippen molar-refractivity contribution >= 4 is 5.97 Å². The minimum Gasteiger partial charge on any atom is -0.476 e. The van der Waals surface area contributed by atoms with Gasteiger partial charge >= 0.3 is 5.97 Å². The highest BCUT2D eigenvalue weighted by Gasteiger charge is 2.19. The van der Waals surface area contributed by atoms with Crippen molar-refractivity contribution in [1.29, 1.82) is 0 Å². The van der Waals surface area contributed by atoms with Gasteiger partial charge in [0.15, 0.2) is 5.69 Å². The Morgan fingerprint density at radius 3 is 2.89 bits per heavy atom. The second-order valence-corrected chi connectivity index (χ2v) is 6.34. The van der Waals surface area contributed by atoms with Crippen molar-refractivity contribution in [1.82, 2.24) is 19.7 Å².